The number of hydrogen-bond donors (Lipinski definition) is 0. The Morgan fingerprint density at radius 1 is 1.00 bits per heavy atom. The minimum absolute atomic E-state index is 0.145. The largest absolute Gasteiger partial charge is 0.494 e. The highest BCUT2D eigenvalue weighted by molar-refractivity contribution is 6.08. The van der Waals surface area contributed by atoms with E-state index in [0.29, 0.717) is 0 Å². The van der Waals surface area contributed by atoms with Gasteiger partial charge < -0.3 is 24.0 Å². The van der Waals surface area contributed by atoms with Crippen molar-refractivity contribution >= 4 is 22.5 Å². The summed E-state index contributed by atoms with van der Waals surface area (Å²) in [6.07, 6.45) is 6.52. The molecule has 1 saturated heterocycles. The number of carbonyl (C=O) groups excluding carboxylic acids is 1. The number of rotatable bonds is 8. The van der Waals surface area contributed by atoms with Crippen LogP contribution in [0.4, 0.5) is 5.69 Å². The van der Waals surface area contributed by atoms with E-state index < -0.39 is 0 Å². The fraction of sp³-hybridized carbons (Fsp3) is 0.500. The molecule has 1 aliphatic carbocycles. The number of aromatic nitrogens is 1. The number of nitrogens with zero attached hydrogens (tertiary/aromatic N) is 4. The molecule has 1 aromatic heterocycles. The first kappa shape index (κ1) is 24.7. The maximum atomic E-state index is 13.5. The Bertz CT molecular complexity index is 1170. The average Bonchev–Trinajstić information content (AvgIpc) is 3.54. The minimum atomic E-state index is 0.145. The second kappa shape index (κ2) is 11.0. The van der Waals surface area contributed by atoms with E-state index in [4.69, 9.17) is 4.74 Å². The number of piperazine rings is 1. The maximum absolute atomic E-state index is 13.5. The van der Waals surface area contributed by atoms with Gasteiger partial charge in [-0.2, -0.15) is 0 Å². The molecule has 0 bridgehead atoms. The third-order valence-electron chi connectivity index (χ3n) is 8.25. The predicted octanol–water partition coefficient (Wildman–Crippen LogP) is 5.09. The molecule has 0 unspecified atom stereocenters. The van der Waals surface area contributed by atoms with Gasteiger partial charge in [0.1, 0.15) is 5.75 Å². The Kier molecular flexibility index (Phi) is 7.51. The van der Waals surface area contributed by atoms with E-state index in [-0.39, 0.29) is 5.91 Å². The Morgan fingerprint density at radius 3 is 2.42 bits per heavy atom. The normalized spacial score (nSPS) is 16.9. The van der Waals surface area contributed by atoms with Crippen LogP contribution in [-0.2, 0) is 7.05 Å². The number of hydrogen-bond acceptors (Lipinski definition) is 4. The molecule has 6 nitrogen and oxygen atoms in total. The van der Waals surface area contributed by atoms with Crippen molar-refractivity contribution in [3.05, 3.63) is 59.8 Å². The molecule has 2 heterocycles. The number of benzene rings is 2. The Morgan fingerprint density at radius 2 is 1.69 bits per heavy atom. The van der Waals surface area contributed by atoms with Crippen molar-refractivity contribution in [1.82, 2.24) is 14.4 Å². The molecule has 6 heteroatoms. The van der Waals surface area contributed by atoms with Crippen LogP contribution in [0, 0.1) is 6.92 Å². The molecule has 2 fully saturated rings. The number of amides is 1. The molecular weight excluding hydrogens is 448 g/mol. The fourth-order valence-electron chi connectivity index (χ4n) is 5.90. The molecule has 2 aromatic carbocycles. The third-order valence-corrected chi connectivity index (χ3v) is 8.25. The molecule has 36 heavy (non-hydrogen) atoms. The van der Waals surface area contributed by atoms with Gasteiger partial charge in [0, 0.05) is 68.1 Å². The summed E-state index contributed by atoms with van der Waals surface area (Å²) in [7, 11) is 4.29. The molecule has 5 rings (SSSR count). The van der Waals surface area contributed by atoms with E-state index in [9.17, 15) is 4.79 Å². The van der Waals surface area contributed by atoms with Gasteiger partial charge >= 0.3 is 0 Å². The van der Waals surface area contributed by atoms with Crippen molar-refractivity contribution in [2.45, 2.75) is 45.1 Å². The van der Waals surface area contributed by atoms with Crippen LogP contribution in [0.2, 0.25) is 0 Å². The number of carbonyl (C=O) groups is 1. The molecule has 0 spiro atoms. The molecule has 1 amide bonds. The molecule has 1 aliphatic heterocycles. The van der Waals surface area contributed by atoms with Gasteiger partial charge in [0.15, 0.2) is 0 Å². The van der Waals surface area contributed by atoms with Crippen LogP contribution in [0.3, 0.4) is 0 Å². The lowest BCUT2D eigenvalue weighted by atomic mass is 10.1. The predicted molar refractivity (Wildman–Crippen MR) is 147 cm³/mol. The van der Waals surface area contributed by atoms with Crippen LogP contribution in [0.5, 0.6) is 5.75 Å². The first-order valence-electron chi connectivity index (χ1n) is 13.5. The Hall–Kier alpha value is -2.99. The molecule has 1 saturated carbocycles. The summed E-state index contributed by atoms with van der Waals surface area (Å²) in [5.74, 6) is 1.08. The molecule has 0 radical (unpaired) electrons. The van der Waals surface area contributed by atoms with Gasteiger partial charge in [-0.3, -0.25) is 4.79 Å². The quantitative estimate of drug-likeness (QED) is 0.414. The lowest BCUT2D eigenvalue weighted by molar-refractivity contribution is 0.0748. The summed E-state index contributed by atoms with van der Waals surface area (Å²) in [5, 5.41) is 1.05. The topological polar surface area (TPSA) is 41.0 Å². The van der Waals surface area contributed by atoms with E-state index in [2.05, 4.69) is 57.8 Å². The van der Waals surface area contributed by atoms with Crippen LogP contribution in [0.1, 0.15) is 48.2 Å². The first-order chi connectivity index (χ1) is 17.5. The van der Waals surface area contributed by atoms with Gasteiger partial charge in [0.2, 0.25) is 0 Å². The zero-order valence-corrected chi connectivity index (χ0v) is 22.1. The highest BCUT2D eigenvalue weighted by Crippen LogP contribution is 2.27. The number of ether oxygens (including phenoxy) is 1. The van der Waals surface area contributed by atoms with Crippen LogP contribution in [-0.4, -0.2) is 72.7 Å². The number of anilines is 1. The highest BCUT2D eigenvalue weighted by atomic mass is 16.5. The van der Waals surface area contributed by atoms with Crippen molar-refractivity contribution in [2.75, 3.05) is 51.3 Å². The maximum Gasteiger partial charge on any atom is 0.256 e. The number of para-hydroxylation sites is 1. The van der Waals surface area contributed by atoms with Crippen molar-refractivity contribution in [2.24, 2.45) is 7.05 Å². The van der Waals surface area contributed by atoms with Crippen LogP contribution in [0.25, 0.3) is 10.9 Å². The summed E-state index contributed by atoms with van der Waals surface area (Å²) >= 11 is 0. The lowest BCUT2D eigenvalue weighted by Crippen LogP contribution is -2.48. The third kappa shape index (κ3) is 5.10. The minimum Gasteiger partial charge on any atom is -0.494 e. The van der Waals surface area contributed by atoms with Gasteiger partial charge in [0.25, 0.3) is 5.91 Å². The van der Waals surface area contributed by atoms with Gasteiger partial charge in [-0.1, -0.05) is 31.0 Å². The number of fused-ring (bicyclic) bond motifs is 1. The summed E-state index contributed by atoms with van der Waals surface area (Å²) in [6, 6.07) is 17.4. The average molecular weight is 489 g/mol. The van der Waals surface area contributed by atoms with E-state index >= 15 is 0 Å². The van der Waals surface area contributed by atoms with Crippen molar-refractivity contribution in [3.63, 3.8) is 0 Å². The monoisotopic (exact) mass is 488 g/mol. The van der Waals surface area contributed by atoms with Gasteiger partial charge in [0.05, 0.1) is 12.2 Å². The van der Waals surface area contributed by atoms with Crippen molar-refractivity contribution < 1.29 is 9.53 Å². The highest BCUT2D eigenvalue weighted by Gasteiger charge is 2.26. The molecule has 0 atom stereocenters. The summed E-state index contributed by atoms with van der Waals surface area (Å²) in [6.45, 7) is 7.03. The van der Waals surface area contributed by atoms with E-state index in [0.717, 1.165) is 79.7 Å². The second-order valence-electron chi connectivity index (χ2n) is 10.4. The second-order valence-corrected chi connectivity index (χ2v) is 10.4. The van der Waals surface area contributed by atoms with Crippen LogP contribution < -0.4 is 9.64 Å². The van der Waals surface area contributed by atoms with Gasteiger partial charge in [-0.15, -0.1) is 0 Å². The first-order valence-corrected chi connectivity index (χ1v) is 13.5. The van der Waals surface area contributed by atoms with Crippen LogP contribution >= 0.6 is 0 Å². The van der Waals surface area contributed by atoms with E-state index in [1.165, 1.54) is 31.4 Å². The van der Waals surface area contributed by atoms with Gasteiger partial charge in [-0.25, -0.2) is 0 Å². The zero-order valence-electron chi connectivity index (χ0n) is 22.1. The number of aryl methyl sites for hydroxylation is 1. The van der Waals surface area contributed by atoms with Crippen molar-refractivity contribution in [1.29, 1.82) is 0 Å². The molecule has 3 aromatic rings. The van der Waals surface area contributed by atoms with E-state index in [1.54, 1.807) is 0 Å². The summed E-state index contributed by atoms with van der Waals surface area (Å²) in [5.41, 5.74) is 4.18. The van der Waals surface area contributed by atoms with E-state index in [1.807, 2.05) is 31.0 Å². The standard InChI is InChI=1S/C30H40N4O2/c1-23-29(27-11-6-7-12-28(27)32(23)3)30(35)34-20-18-33(19-21-34)25-13-15-26(16-14-25)36-22-8-17-31(2)24-9-4-5-10-24/h6-7,11-16,24H,4-5,8-10,17-22H2,1-3H3. The fourth-order valence-corrected chi connectivity index (χ4v) is 5.90. The van der Waals surface area contributed by atoms with Crippen molar-refractivity contribution in [3.8, 4) is 5.75 Å². The Labute approximate surface area is 215 Å². The molecular formula is C30H40N4O2. The zero-order chi connectivity index (χ0) is 25.1. The van der Waals surface area contributed by atoms with Crippen LogP contribution in [0.15, 0.2) is 48.5 Å². The molecule has 0 N–H and O–H groups in total. The SMILES string of the molecule is Cc1c(C(=O)N2CCN(c3ccc(OCCCN(C)C4CCCC4)cc3)CC2)c2ccccc2n1C. The smallest absolute Gasteiger partial charge is 0.256 e. The summed E-state index contributed by atoms with van der Waals surface area (Å²) < 4.78 is 8.13. The molecule has 2 aliphatic rings. The lowest BCUT2D eigenvalue weighted by Gasteiger charge is -2.36. The Balaban J connectivity index is 1.11. The summed E-state index contributed by atoms with van der Waals surface area (Å²) in [4.78, 5) is 20.3. The van der Waals surface area contributed by atoms with Gasteiger partial charge in [-0.05, 0) is 63.6 Å². The molecule has 192 valence electrons.